The minimum absolute atomic E-state index is 0.177. The van der Waals surface area contributed by atoms with Crippen LogP contribution < -0.4 is 19.6 Å². The van der Waals surface area contributed by atoms with Gasteiger partial charge < -0.3 is 19.6 Å². The van der Waals surface area contributed by atoms with Crippen LogP contribution in [0.15, 0.2) is 60.7 Å². The maximum absolute atomic E-state index is 2.79. The highest BCUT2D eigenvalue weighted by Crippen LogP contribution is 3.07. The highest BCUT2D eigenvalue weighted by molar-refractivity contribution is 6.07. The van der Waals surface area contributed by atoms with Gasteiger partial charge >= 0.3 is 0 Å². The van der Waals surface area contributed by atoms with Gasteiger partial charge in [0.1, 0.15) is 12.3 Å². The molecule has 0 N–H and O–H groups in total. The largest absolute Gasteiger partial charge is 0.352 e. The number of benzene rings is 4. The summed E-state index contributed by atoms with van der Waals surface area (Å²) in [5.41, 5.74) is 15.3. The molecule has 210 valence electrons. The van der Waals surface area contributed by atoms with Crippen molar-refractivity contribution in [2.45, 2.75) is 65.2 Å². The molecule has 4 heterocycles. The smallest absolute Gasteiger partial charge is 0.113 e. The summed E-state index contributed by atoms with van der Waals surface area (Å²) >= 11 is 0. The van der Waals surface area contributed by atoms with E-state index < -0.39 is 0 Å². The van der Waals surface area contributed by atoms with Crippen LogP contribution in [-0.2, 0) is 5.41 Å². The van der Waals surface area contributed by atoms with Crippen LogP contribution in [0.1, 0.15) is 48.9 Å². The van der Waals surface area contributed by atoms with E-state index in [4.69, 9.17) is 0 Å². The Morgan fingerprint density at radius 2 is 1.40 bits per heavy atom. The van der Waals surface area contributed by atoms with Gasteiger partial charge in [-0.1, -0.05) is 44.2 Å². The fourth-order valence-electron chi connectivity index (χ4n) is 13.4. The van der Waals surface area contributed by atoms with E-state index in [1.807, 2.05) is 0 Å². The number of aryl methyl sites for hydroxylation is 3. The highest BCUT2D eigenvalue weighted by Gasteiger charge is 3.08. The molecule has 4 aliphatic heterocycles. The van der Waals surface area contributed by atoms with Gasteiger partial charge in [0.15, 0.2) is 0 Å². The molecule has 4 aromatic rings. The second-order valence-electron chi connectivity index (χ2n) is 15.3. The van der Waals surface area contributed by atoms with Crippen molar-refractivity contribution in [3.8, 4) is 0 Å². The van der Waals surface area contributed by atoms with Crippen molar-refractivity contribution < 1.29 is 0 Å². The molecule has 3 aliphatic carbocycles. The molecule has 4 heteroatoms. The summed E-state index contributed by atoms with van der Waals surface area (Å²) in [7, 11) is 4.79. The molecule has 0 radical (unpaired) electrons. The second kappa shape index (κ2) is 6.18. The number of fused-ring (bicyclic) bond motifs is 13. The summed E-state index contributed by atoms with van der Waals surface area (Å²) in [4.78, 5) is 11.0. The van der Waals surface area contributed by atoms with Crippen LogP contribution in [0.2, 0.25) is 0 Å². The first-order chi connectivity index (χ1) is 20.2. The Hall–Kier alpha value is -3.66. The molecule has 4 nitrogen and oxygen atoms in total. The topological polar surface area (TPSA) is 13.0 Å². The molecule has 7 unspecified atom stereocenters. The first-order valence-electron chi connectivity index (χ1n) is 16.0. The summed E-state index contributed by atoms with van der Waals surface area (Å²) in [6, 6.07) is 23.8. The Morgan fingerprint density at radius 3 is 2.12 bits per heavy atom. The van der Waals surface area contributed by atoms with Gasteiger partial charge in [0.25, 0.3) is 0 Å². The Balaban J connectivity index is 1.28. The van der Waals surface area contributed by atoms with E-state index >= 15 is 0 Å². The SMILES string of the molecule is Cc1cc2c3c(c1)N1c4ccc5ccccc5c4N(C)C1C1(C)C45CCC4C(C)(C4N(C)c6cc(C)c(C)cc6N24)C315. The van der Waals surface area contributed by atoms with E-state index in [2.05, 4.69) is 129 Å². The summed E-state index contributed by atoms with van der Waals surface area (Å²) in [6.07, 6.45) is 3.41. The quantitative estimate of drug-likeness (QED) is 0.218. The van der Waals surface area contributed by atoms with Gasteiger partial charge in [0, 0.05) is 52.7 Å². The Kier molecular flexibility index (Phi) is 3.37. The third-order valence-electron chi connectivity index (χ3n) is 14.4. The average Bonchev–Trinajstić information content (AvgIpc) is 3.11. The van der Waals surface area contributed by atoms with Gasteiger partial charge in [-0.05, 0) is 97.4 Å². The molecule has 42 heavy (non-hydrogen) atoms. The number of hydrogen-bond donors (Lipinski definition) is 0. The number of rotatable bonds is 0. The molecule has 3 fully saturated rings. The normalized spacial score (nSPS) is 38.1. The Bertz CT molecular complexity index is 2010. The molecule has 4 aromatic carbocycles. The third-order valence-corrected chi connectivity index (χ3v) is 14.4. The number of nitrogens with zero attached hydrogens (tertiary/aromatic N) is 4. The van der Waals surface area contributed by atoms with E-state index in [0.29, 0.717) is 17.7 Å². The van der Waals surface area contributed by atoms with Crippen molar-refractivity contribution in [2.75, 3.05) is 33.7 Å². The molecular formula is C38H38N4. The van der Waals surface area contributed by atoms with Crippen LogP contribution in [0, 0.1) is 42.9 Å². The zero-order valence-electron chi connectivity index (χ0n) is 25.7. The lowest BCUT2D eigenvalue weighted by Gasteiger charge is -2.71. The van der Waals surface area contributed by atoms with Gasteiger partial charge in [0.2, 0.25) is 0 Å². The molecule has 11 rings (SSSR count). The molecule has 3 saturated carbocycles. The van der Waals surface area contributed by atoms with E-state index in [1.165, 1.54) is 74.4 Å². The van der Waals surface area contributed by atoms with E-state index in [9.17, 15) is 0 Å². The highest BCUT2D eigenvalue weighted by atomic mass is 15.5. The predicted octanol–water partition coefficient (Wildman–Crippen LogP) is 8.29. The van der Waals surface area contributed by atoms with Crippen LogP contribution in [0.25, 0.3) is 10.8 Å². The fourth-order valence-corrected chi connectivity index (χ4v) is 13.4. The lowest BCUT2D eigenvalue weighted by atomic mass is 9.36. The zero-order chi connectivity index (χ0) is 28.5. The summed E-state index contributed by atoms with van der Waals surface area (Å²) in [5.74, 6) is 0.748. The Morgan fingerprint density at radius 1 is 0.714 bits per heavy atom. The molecule has 0 aromatic heterocycles. The van der Waals surface area contributed by atoms with Gasteiger partial charge in [0.05, 0.1) is 22.7 Å². The zero-order valence-corrected chi connectivity index (χ0v) is 25.7. The van der Waals surface area contributed by atoms with E-state index in [-0.39, 0.29) is 16.2 Å². The van der Waals surface area contributed by atoms with Crippen molar-refractivity contribution >= 4 is 44.9 Å². The minimum Gasteiger partial charge on any atom is -0.352 e. The van der Waals surface area contributed by atoms with Crippen molar-refractivity contribution in [1.82, 2.24) is 0 Å². The van der Waals surface area contributed by atoms with Gasteiger partial charge in [-0.2, -0.15) is 0 Å². The molecule has 7 atom stereocenters. The van der Waals surface area contributed by atoms with Crippen LogP contribution >= 0.6 is 0 Å². The summed E-state index contributed by atoms with van der Waals surface area (Å²) < 4.78 is 0. The van der Waals surface area contributed by atoms with Crippen molar-refractivity contribution in [1.29, 1.82) is 0 Å². The molecule has 0 bridgehead atoms. The maximum atomic E-state index is 2.79. The minimum atomic E-state index is 0.177. The van der Waals surface area contributed by atoms with E-state index in [0.717, 1.165) is 5.92 Å². The summed E-state index contributed by atoms with van der Waals surface area (Å²) in [6.45, 7) is 12.3. The maximum Gasteiger partial charge on any atom is 0.113 e. The number of anilines is 6. The Labute approximate surface area is 248 Å². The lowest BCUT2D eigenvalue weighted by molar-refractivity contribution is -0.152. The van der Waals surface area contributed by atoms with Crippen LogP contribution in [-0.4, -0.2) is 26.4 Å². The molecule has 2 spiro atoms. The molecule has 0 saturated heterocycles. The van der Waals surface area contributed by atoms with Crippen LogP contribution in [0.3, 0.4) is 0 Å². The van der Waals surface area contributed by atoms with Gasteiger partial charge in [-0.15, -0.1) is 0 Å². The first-order valence-corrected chi connectivity index (χ1v) is 16.0. The molecule has 0 amide bonds. The van der Waals surface area contributed by atoms with Crippen LogP contribution in [0.5, 0.6) is 0 Å². The van der Waals surface area contributed by atoms with Crippen molar-refractivity contribution in [3.05, 3.63) is 82.9 Å². The monoisotopic (exact) mass is 550 g/mol. The number of hydrogen-bond acceptors (Lipinski definition) is 4. The standard InChI is InChI=1S/C38H38N4/c1-20-16-28-31-29(17-20)42-27-19-22(3)21(2)18-26(27)39(6)33(42)35(4)30-14-15-37(30)36(5,38(31,35)37)34-40(7)32-24-11-9-8-10-23(24)12-13-25(32)41(28)34/h8-13,16-19,30,33-34H,14-15H2,1-7H3. The van der Waals surface area contributed by atoms with E-state index in [1.54, 1.807) is 5.56 Å². The summed E-state index contributed by atoms with van der Waals surface area (Å²) in [5, 5.41) is 2.72. The van der Waals surface area contributed by atoms with Gasteiger partial charge in [-0.25, -0.2) is 0 Å². The predicted molar refractivity (Wildman–Crippen MR) is 173 cm³/mol. The fraction of sp³-hybridized carbons (Fsp3) is 0.421. The first kappa shape index (κ1) is 22.9. The third kappa shape index (κ3) is 1.72. The van der Waals surface area contributed by atoms with Gasteiger partial charge in [-0.3, -0.25) is 0 Å². The average molecular weight is 551 g/mol. The molecular weight excluding hydrogens is 512 g/mol. The van der Waals surface area contributed by atoms with Crippen molar-refractivity contribution in [2.24, 2.45) is 22.2 Å². The molecule has 7 aliphatic rings. The van der Waals surface area contributed by atoms with Crippen LogP contribution in [0.4, 0.5) is 34.1 Å². The lowest BCUT2D eigenvalue weighted by Crippen LogP contribution is -2.74. The van der Waals surface area contributed by atoms with Crippen molar-refractivity contribution in [3.63, 3.8) is 0 Å². The second-order valence-corrected chi connectivity index (χ2v) is 15.3.